The quantitative estimate of drug-likeness (QED) is 0.809. The van der Waals surface area contributed by atoms with Gasteiger partial charge in [-0.2, -0.15) is 5.26 Å². The number of hydrogen-bond donors (Lipinski definition) is 2. The minimum Gasteiger partial charge on any atom is -0.351 e. The Bertz CT molecular complexity index is 672. The van der Waals surface area contributed by atoms with Crippen molar-refractivity contribution in [1.29, 1.82) is 5.26 Å². The summed E-state index contributed by atoms with van der Waals surface area (Å²) in [5.74, 6) is -0.0950. The number of nitrogens with zero attached hydrogens (tertiary/aromatic N) is 2. The van der Waals surface area contributed by atoms with E-state index in [0.717, 1.165) is 11.3 Å². The summed E-state index contributed by atoms with van der Waals surface area (Å²) in [6.45, 7) is 1.82. The van der Waals surface area contributed by atoms with Crippen molar-refractivity contribution in [2.24, 2.45) is 0 Å². The molecule has 1 aliphatic rings. The molecule has 1 unspecified atom stereocenters. The second-order valence-corrected chi connectivity index (χ2v) is 5.42. The summed E-state index contributed by atoms with van der Waals surface area (Å²) in [5.41, 5.74) is 2.71. The van der Waals surface area contributed by atoms with E-state index in [1.54, 1.807) is 32.3 Å². The normalized spacial score (nSPS) is 17.6. The third-order valence-electron chi connectivity index (χ3n) is 3.25. The van der Waals surface area contributed by atoms with Crippen LogP contribution in [0.25, 0.3) is 0 Å². The second-order valence-electron chi connectivity index (χ2n) is 5.01. The van der Waals surface area contributed by atoms with Gasteiger partial charge in [0.25, 0.3) is 5.91 Å². The van der Waals surface area contributed by atoms with Gasteiger partial charge in [0.1, 0.15) is 0 Å². The third kappa shape index (κ3) is 3.03. The molecule has 108 valence electrons. The summed E-state index contributed by atoms with van der Waals surface area (Å²) in [7, 11) is 3.41. The number of rotatable bonds is 2. The van der Waals surface area contributed by atoms with E-state index in [2.05, 4.69) is 16.7 Å². The van der Waals surface area contributed by atoms with E-state index in [4.69, 9.17) is 17.5 Å². The molecule has 1 aromatic rings. The average Bonchev–Trinajstić information content (AvgIpc) is 2.45. The highest BCUT2D eigenvalue weighted by Gasteiger charge is 2.30. The molecule has 0 saturated heterocycles. The molecule has 0 aliphatic carbocycles. The van der Waals surface area contributed by atoms with E-state index in [0.29, 0.717) is 16.2 Å². The third-order valence-corrected chi connectivity index (χ3v) is 3.47. The van der Waals surface area contributed by atoms with Crippen molar-refractivity contribution in [3.8, 4) is 6.07 Å². The lowest BCUT2D eigenvalue weighted by Crippen LogP contribution is -2.46. The van der Waals surface area contributed by atoms with Crippen LogP contribution in [0, 0.1) is 11.3 Å². The number of carbonyl (C=O) groups is 1. The van der Waals surface area contributed by atoms with Gasteiger partial charge < -0.3 is 15.5 Å². The molecule has 0 fully saturated rings. The second kappa shape index (κ2) is 5.94. The van der Waals surface area contributed by atoms with Crippen molar-refractivity contribution in [2.75, 3.05) is 14.1 Å². The Labute approximate surface area is 129 Å². The Kier molecular flexibility index (Phi) is 4.24. The predicted octanol–water partition coefficient (Wildman–Crippen LogP) is 1.44. The highest BCUT2D eigenvalue weighted by Crippen LogP contribution is 2.28. The topological polar surface area (TPSA) is 68.2 Å². The Hall–Kier alpha value is -2.39. The van der Waals surface area contributed by atoms with Crippen LogP contribution in [-0.2, 0) is 4.79 Å². The van der Waals surface area contributed by atoms with Crippen LogP contribution in [0.4, 0.5) is 0 Å². The summed E-state index contributed by atoms with van der Waals surface area (Å²) in [5, 5.41) is 15.6. The molecule has 1 heterocycles. The van der Waals surface area contributed by atoms with Gasteiger partial charge in [0.15, 0.2) is 5.11 Å². The van der Waals surface area contributed by atoms with E-state index < -0.39 is 0 Å². The van der Waals surface area contributed by atoms with E-state index in [1.165, 1.54) is 4.90 Å². The van der Waals surface area contributed by atoms with E-state index in [9.17, 15) is 4.79 Å². The van der Waals surface area contributed by atoms with Gasteiger partial charge in [0.2, 0.25) is 0 Å². The Balaban J connectivity index is 2.52. The zero-order valence-corrected chi connectivity index (χ0v) is 12.9. The number of amides is 1. The van der Waals surface area contributed by atoms with Crippen LogP contribution in [0.2, 0.25) is 0 Å². The fourth-order valence-electron chi connectivity index (χ4n) is 2.26. The number of benzene rings is 1. The van der Waals surface area contributed by atoms with Gasteiger partial charge in [-0.05, 0) is 36.8 Å². The van der Waals surface area contributed by atoms with Gasteiger partial charge in [0.05, 0.1) is 23.2 Å². The number of allylic oxidation sites excluding steroid dienone is 1. The maximum Gasteiger partial charge on any atom is 0.253 e. The number of thiocarbonyl (C=S) groups is 1. The minimum atomic E-state index is -0.359. The zero-order valence-electron chi connectivity index (χ0n) is 12.1. The predicted molar refractivity (Wildman–Crippen MR) is 84.2 cm³/mol. The SMILES string of the molecule is CC1=C(C(=O)N(C)C)C(c2cccc(C#N)c2)NC(=S)N1. The first-order valence-corrected chi connectivity index (χ1v) is 6.85. The van der Waals surface area contributed by atoms with Crippen molar-refractivity contribution in [1.82, 2.24) is 15.5 Å². The Morgan fingerprint density at radius 3 is 2.76 bits per heavy atom. The van der Waals surface area contributed by atoms with Gasteiger partial charge in [-0.25, -0.2) is 0 Å². The summed E-state index contributed by atoms with van der Waals surface area (Å²) in [6, 6.07) is 8.92. The fourth-order valence-corrected chi connectivity index (χ4v) is 2.53. The summed E-state index contributed by atoms with van der Waals surface area (Å²) >= 11 is 5.18. The van der Waals surface area contributed by atoms with Crippen LogP contribution < -0.4 is 10.6 Å². The van der Waals surface area contributed by atoms with E-state index >= 15 is 0 Å². The molecule has 0 spiro atoms. The molecule has 1 aliphatic heterocycles. The van der Waals surface area contributed by atoms with Crippen molar-refractivity contribution in [3.63, 3.8) is 0 Å². The van der Waals surface area contributed by atoms with Crippen molar-refractivity contribution in [3.05, 3.63) is 46.7 Å². The number of carbonyl (C=O) groups excluding carboxylic acids is 1. The molecule has 0 aromatic heterocycles. The molecular weight excluding hydrogens is 284 g/mol. The monoisotopic (exact) mass is 300 g/mol. The number of nitriles is 1. The molecule has 21 heavy (non-hydrogen) atoms. The molecule has 2 rings (SSSR count). The zero-order chi connectivity index (χ0) is 15.6. The molecule has 0 saturated carbocycles. The average molecular weight is 300 g/mol. The summed E-state index contributed by atoms with van der Waals surface area (Å²) in [4.78, 5) is 14.0. The van der Waals surface area contributed by atoms with Gasteiger partial charge in [-0.15, -0.1) is 0 Å². The Morgan fingerprint density at radius 2 is 2.14 bits per heavy atom. The van der Waals surface area contributed by atoms with Gasteiger partial charge in [0, 0.05) is 19.8 Å². The molecule has 1 amide bonds. The van der Waals surface area contributed by atoms with Crippen molar-refractivity contribution < 1.29 is 4.79 Å². The summed E-state index contributed by atoms with van der Waals surface area (Å²) < 4.78 is 0. The molecular formula is C15H16N4OS. The Morgan fingerprint density at radius 1 is 1.43 bits per heavy atom. The molecule has 0 bridgehead atoms. The molecule has 1 atom stereocenters. The molecule has 6 heteroatoms. The number of likely N-dealkylation sites (N-methyl/N-ethyl adjacent to an activating group) is 1. The largest absolute Gasteiger partial charge is 0.351 e. The first-order valence-electron chi connectivity index (χ1n) is 6.44. The molecule has 1 aromatic carbocycles. The first kappa shape index (κ1) is 15.0. The maximum atomic E-state index is 12.4. The first-order chi connectivity index (χ1) is 9.93. The standard InChI is InChI=1S/C15H16N4OS/c1-9-12(14(20)19(2)3)13(18-15(21)17-9)11-6-4-5-10(7-11)8-16/h4-7,13H,1-3H3,(H2,17,18,21). The number of hydrogen-bond acceptors (Lipinski definition) is 3. The maximum absolute atomic E-state index is 12.4. The van der Waals surface area contributed by atoms with Crippen LogP contribution in [0.3, 0.4) is 0 Å². The highest BCUT2D eigenvalue weighted by atomic mass is 32.1. The summed E-state index contributed by atoms with van der Waals surface area (Å²) in [6.07, 6.45) is 0. The van der Waals surface area contributed by atoms with Crippen LogP contribution in [0.1, 0.15) is 24.1 Å². The minimum absolute atomic E-state index is 0.0950. The van der Waals surface area contributed by atoms with Gasteiger partial charge >= 0.3 is 0 Å². The molecule has 0 radical (unpaired) electrons. The molecule has 5 nitrogen and oxygen atoms in total. The lowest BCUT2D eigenvalue weighted by molar-refractivity contribution is -0.125. The molecule has 2 N–H and O–H groups in total. The van der Waals surface area contributed by atoms with Gasteiger partial charge in [-0.1, -0.05) is 12.1 Å². The van der Waals surface area contributed by atoms with E-state index in [1.807, 2.05) is 13.0 Å². The van der Waals surface area contributed by atoms with Gasteiger partial charge in [-0.3, -0.25) is 4.79 Å². The van der Waals surface area contributed by atoms with Crippen LogP contribution in [0.5, 0.6) is 0 Å². The number of nitrogens with one attached hydrogen (secondary N) is 2. The fraction of sp³-hybridized carbons (Fsp3) is 0.267. The van der Waals surface area contributed by atoms with E-state index in [-0.39, 0.29) is 11.9 Å². The van der Waals surface area contributed by atoms with Crippen LogP contribution in [-0.4, -0.2) is 30.0 Å². The van der Waals surface area contributed by atoms with Crippen LogP contribution in [0.15, 0.2) is 35.5 Å². The smallest absolute Gasteiger partial charge is 0.253 e. The van der Waals surface area contributed by atoms with Crippen molar-refractivity contribution >= 4 is 23.2 Å². The van der Waals surface area contributed by atoms with Crippen molar-refractivity contribution in [2.45, 2.75) is 13.0 Å². The van der Waals surface area contributed by atoms with Crippen LogP contribution >= 0.6 is 12.2 Å². The highest BCUT2D eigenvalue weighted by molar-refractivity contribution is 7.80. The lowest BCUT2D eigenvalue weighted by Gasteiger charge is -2.31. The lowest BCUT2D eigenvalue weighted by atomic mass is 9.94.